The van der Waals surface area contributed by atoms with E-state index in [0.717, 1.165) is 16.9 Å². The Bertz CT molecular complexity index is 564. The topological polar surface area (TPSA) is 48.1 Å². The van der Waals surface area contributed by atoms with Crippen LogP contribution in [0.25, 0.3) is 10.2 Å². The van der Waals surface area contributed by atoms with Gasteiger partial charge in [0.15, 0.2) is 0 Å². The van der Waals surface area contributed by atoms with Gasteiger partial charge in [0.2, 0.25) is 0 Å². The van der Waals surface area contributed by atoms with Gasteiger partial charge in [-0.2, -0.15) is 0 Å². The summed E-state index contributed by atoms with van der Waals surface area (Å²) in [6.45, 7) is 6.53. The number of fused-ring (bicyclic) bond motifs is 1. The zero-order valence-electron chi connectivity index (χ0n) is 12.2. The second-order valence-corrected chi connectivity index (χ2v) is 7.04. The number of rotatable bonds is 3. The monoisotopic (exact) mass is 290 g/mol. The molecular weight excluding hydrogens is 268 g/mol. The van der Waals surface area contributed by atoms with Crippen LogP contribution in [0.3, 0.4) is 0 Å². The fourth-order valence-electron chi connectivity index (χ4n) is 3.38. The quantitative estimate of drug-likeness (QED) is 0.944. The molecule has 5 unspecified atom stereocenters. The van der Waals surface area contributed by atoms with Gasteiger partial charge in [0, 0.05) is 18.4 Å². The summed E-state index contributed by atoms with van der Waals surface area (Å²) < 4.78 is 7.15. The second-order valence-electron chi connectivity index (χ2n) is 5.93. The number of thiazole rings is 1. The molecule has 2 N–H and O–H groups in total. The standard InChI is InChI=1S/C16H22N2OS/c1-9-10(2)19-11(3)16(9)12(17)8-15-18-13-6-4-5-7-14(13)20-15/h4-7,9-12,16H,8,17H2,1-3H3. The maximum atomic E-state index is 6.46. The SMILES string of the molecule is CC1OC(C)C(C(N)Cc2nc3ccccc3s2)C1C. The van der Waals surface area contributed by atoms with Crippen molar-refractivity contribution >= 4 is 21.6 Å². The van der Waals surface area contributed by atoms with Crippen LogP contribution in [0.5, 0.6) is 0 Å². The van der Waals surface area contributed by atoms with Crippen molar-refractivity contribution in [3.05, 3.63) is 29.3 Å². The number of hydrogen-bond donors (Lipinski definition) is 1. The summed E-state index contributed by atoms with van der Waals surface area (Å²) in [6.07, 6.45) is 1.38. The number of benzene rings is 1. The van der Waals surface area contributed by atoms with Crippen molar-refractivity contribution in [2.24, 2.45) is 17.6 Å². The number of nitrogens with zero attached hydrogens (tertiary/aromatic N) is 1. The van der Waals surface area contributed by atoms with Gasteiger partial charge in [-0.3, -0.25) is 0 Å². The maximum absolute atomic E-state index is 6.46. The van der Waals surface area contributed by atoms with Crippen LogP contribution in [0.4, 0.5) is 0 Å². The number of ether oxygens (including phenoxy) is 1. The highest BCUT2D eigenvalue weighted by molar-refractivity contribution is 7.18. The Kier molecular flexibility index (Phi) is 3.80. The van der Waals surface area contributed by atoms with Crippen LogP contribution in [-0.4, -0.2) is 23.2 Å². The van der Waals surface area contributed by atoms with E-state index in [1.807, 2.05) is 6.07 Å². The fraction of sp³-hybridized carbons (Fsp3) is 0.562. The molecule has 0 amide bonds. The van der Waals surface area contributed by atoms with Crippen molar-refractivity contribution in [2.45, 2.75) is 45.4 Å². The van der Waals surface area contributed by atoms with Crippen molar-refractivity contribution < 1.29 is 4.74 Å². The maximum Gasteiger partial charge on any atom is 0.0954 e. The Labute approximate surface area is 124 Å². The van der Waals surface area contributed by atoms with E-state index in [4.69, 9.17) is 15.5 Å². The molecule has 0 spiro atoms. The molecule has 3 rings (SSSR count). The zero-order valence-corrected chi connectivity index (χ0v) is 13.1. The highest BCUT2D eigenvalue weighted by Crippen LogP contribution is 2.35. The first-order chi connectivity index (χ1) is 9.56. The van der Waals surface area contributed by atoms with Crippen molar-refractivity contribution in [3.8, 4) is 0 Å². The summed E-state index contributed by atoms with van der Waals surface area (Å²) >= 11 is 1.76. The summed E-state index contributed by atoms with van der Waals surface area (Å²) in [5, 5.41) is 1.14. The minimum atomic E-state index is 0.116. The van der Waals surface area contributed by atoms with E-state index in [0.29, 0.717) is 17.9 Å². The van der Waals surface area contributed by atoms with Crippen LogP contribution in [0.15, 0.2) is 24.3 Å². The van der Waals surface area contributed by atoms with E-state index in [1.54, 1.807) is 11.3 Å². The third kappa shape index (κ3) is 2.48. The molecule has 20 heavy (non-hydrogen) atoms. The van der Waals surface area contributed by atoms with Gasteiger partial charge < -0.3 is 10.5 Å². The van der Waals surface area contributed by atoms with Crippen molar-refractivity contribution in [3.63, 3.8) is 0 Å². The van der Waals surface area contributed by atoms with Crippen molar-refractivity contribution in [1.82, 2.24) is 4.98 Å². The smallest absolute Gasteiger partial charge is 0.0954 e. The molecule has 108 valence electrons. The summed E-state index contributed by atoms with van der Waals surface area (Å²) in [6, 6.07) is 8.38. The van der Waals surface area contributed by atoms with Crippen LogP contribution in [0, 0.1) is 11.8 Å². The Morgan fingerprint density at radius 3 is 2.65 bits per heavy atom. The molecule has 1 fully saturated rings. The molecule has 5 atom stereocenters. The third-order valence-corrected chi connectivity index (χ3v) is 5.62. The lowest BCUT2D eigenvalue weighted by Crippen LogP contribution is -2.39. The molecular formula is C16H22N2OS. The van der Waals surface area contributed by atoms with Crippen LogP contribution in [0.1, 0.15) is 25.8 Å². The van der Waals surface area contributed by atoms with Gasteiger partial charge >= 0.3 is 0 Å². The lowest BCUT2D eigenvalue weighted by molar-refractivity contribution is 0.0490. The van der Waals surface area contributed by atoms with Gasteiger partial charge in [0.1, 0.15) is 0 Å². The first-order valence-electron chi connectivity index (χ1n) is 7.31. The van der Waals surface area contributed by atoms with E-state index >= 15 is 0 Å². The lowest BCUT2D eigenvalue weighted by atomic mass is 9.83. The highest BCUT2D eigenvalue weighted by atomic mass is 32.1. The van der Waals surface area contributed by atoms with Crippen LogP contribution in [0.2, 0.25) is 0 Å². The second kappa shape index (κ2) is 5.43. The van der Waals surface area contributed by atoms with Crippen LogP contribution >= 0.6 is 11.3 Å². The third-order valence-electron chi connectivity index (χ3n) is 4.56. The molecule has 1 saturated heterocycles. The van der Waals surface area contributed by atoms with E-state index in [1.165, 1.54) is 4.70 Å². The number of nitrogens with two attached hydrogens (primary N) is 1. The molecule has 1 aliphatic rings. The normalized spacial score (nSPS) is 31.8. The fourth-order valence-corrected chi connectivity index (χ4v) is 4.42. The Morgan fingerprint density at radius 1 is 1.25 bits per heavy atom. The molecule has 0 aliphatic carbocycles. The minimum absolute atomic E-state index is 0.116. The lowest BCUT2D eigenvalue weighted by Gasteiger charge is -2.24. The summed E-state index contributed by atoms with van der Waals surface area (Å²) in [5.41, 5.74) is 7.54. The number of aromatic nitrogens is 1. The average molecular weight is 290 g/mol. The molecule has 1 aromatic carbocycles. The van der Waals surface area contributed by atoms with E-state index in [-0.39, 0.29) is 12.1 Å². The molecule has 2 heterocycles. The van der Waals surface area contributed by atoms with Crippen LogP contribution in [-0.2, 0) is 11.2 Å². The summed E-state index contributed by atoms with van der Waals surface area (Å²) in [5.74, 6) is 0.923. The Hall–Kier alpha value is -0.970. The number of para-hydroxylation sites is 1. The predicted octanol–water partition coefficient (Wildman–Crippen LogP) is 3.23. The van der Waals surface area contributed by atoms with E-state index < -0.39 is 0 Å². The molecule has 0 radical (unpaired) electrons. The van der Waals surface area contributed by atoms with Gasteiger partial charge in [-0.25, -0.2) is 4.98 Å². The minimum Gasteiger partial charge on any atom is -0.375 e. The molecule has 0 saturated carbocycles. The van der Waals surface area contributed by atoms with Crippen molar-refractivity contribution in [1.29, 1.82) is 0 Å². The number of hydrogen-bond acceptors (Lipinski definition) is 4. The Balaban J connectivity index is 1.76. The molecule has 0 bridgehead atoms. The van der Waals surface area contributed by atoms with E-state index in [2.05, 4.69) is 39.0 Å². The first kappa shape index (κ1) is 14.0. The highest BCUT2D eigenvalue weighted by Gasteiger charge is 2.40. The summed E-state index contributed by atoms with van der Waals surface area (Å²) in [4.78, 5) is 4.69. The first-order valence-corrected chi connectivity index (χ1v) is 8.13. The zero-order chi connectivity index (χ0) is 14.3. The average Bonchev–Trinajstić information content (AvgIpc) is 2.90. The van der Waals surface area contributed by atoms with Gasteiger partial charge in [-0.15, -0.1) is 11.3 Å². The molecule has 2 aromatic rings. The molecule has 4 heteroatoms. The van der Waals surface area contributed by atoms with Gasteiger partial charge in [-0.05, 0) is 31.9 Å². The summed E-state index contributed by atoms with van der Waals surface area (Å²) in [7, 11) is 0. The van der Waals surface area contributed by atoms with Crippen LogP contribution < -0.4 is 5.73 Å². The van der Waals surface area contributed by atoms with Gasteiger partial charge in [-0.1, -0.05) is 19.1 Å². The van der Waals surface area contributed by atoms with E-state index in [9.17, 15) is 0 Å². The Morgan fingerprint density at radius 2 is 2.00 bits per heavy atom. The van der Waals surface area contributed by atoms with Crippen molar-refractivity contribution in [2.75, 3.05) is 0 Å². The van der Waals surface area contributed by atoms with Gasteiger partial charge in [0.05, 0.1) is 27.4 Å². The largest absolute Gasteiger partial charge is 0.375 e. The molecule has 3 nitrogen and oxygen atoms in total. The molecule has 1 aliphatic heterocycles. The molecule has 1 aromatic heterocycles. The van der Waals surface area contributed by atoms with Gasteiger partial charge in [0.25, 0.3) is 0 Å². The predicted molar refractivity (Wildman–Crippen MR) is 84.0 cm³/mol.